The number of amides is 1. The Kier molecular flexibility index (Phi) is 5.02. The van der Waals surface area contributed by atoms with Crippen molar-refractivity contribution in [2.75, 3.05) is 26.0 Å². The van der Waals surface area contributed by atoms with Crippen LogP contribution in [-0.4, -0.2) is 47.3 Å². The number of nitrogens with zero attached hydrogens (tertiary/aromatic N) is 3. The Morgan fingerprint density at radius 2 is 2.09 bits per heavy atom. The summed E-state index contributed by atoms with van der Waals surface area (Å²) in [7, 11) is 4.08. The van der Waals surface area contributed by atoms with Gasteiger partial charge in [-0.05, 0) is 51.6 Å². The maximum absolute atomic E-state index is 12.6. The van der Waals surface area contributed by atoms with Gasteiger partial charge in [-0.25, -0.2) is 0 Å². The largest absolute Gasteiger partial charge is 0.327 e. The smallest absolute Gasteiger partial charge is 0.228 e. The van der Waals surface area contributed by atoms with Gasteiger partial charge in [0.25, 0.3) is 0 Å². The fourth-order valence-corrected chi connectivity index (χ4v) is 4.09. The molecule has 2 unspecified atom stereocenters. The van der Waals surface area contributed by atoms with Gasteiger partial charge in [0.05, 0.1) is 6.54 Å². The first kappa shape index (κ1) is 16.5. The molecule has 6 nitrogen and oxygen atoms in total. The molecule has 3 N–H and O–H groups in total. The van der Waals surface area contributed by atoms with Crippen LogP contribution in [0.3, 0.4) is 0 Å². The number of fused-ring (bicyclic) bond motifs is 2. The van der Waals surface area contributed by atoms with E-state index in [-0.39, 0.29) is 11.8 Å². The first-order valence-electron chi connectivity index (χ1n) is 8.77. The van der Waals surface area contributed by atoms with Crippen LogP contribution in [0.15, 0.2) is 12.3 Å². The van der Waals surface area contributed by atoms with E-state index >= 15 is 0 Å². The normalized spacial score (nSPS) is 30.4. The van der Waals surface area contributed by atoms with Gasteiger partial charge in [0, 0.05) is 30.8 Å². The number of carbonyl (C=O) groups excluding carboxylic acids is 1. The maximum atomic E-state index is 12.6. The summed E-state index contributed by atoms with van der Waals surface area (Å²) in [6, 6.07) is 2.18. The van der Waals surface area contributed by atoms with Crippen molar-refractivity contribution < 1.29 is 4.79 Å². The van der Waals surface area contributed by atoms with Crippen molar-refractivity contribution in [3.05, 3.63) is 12.3 Å². The Balaban J connectivity index is 1.55. The van der Waals surface area contributed by atoms with Gasteiger partial charge < -0.3 is 16.0 Å². The molecule has 1 heterocycles. The summed E-state index contributed by atoms with van der Waals surface area (Å²) in [5.41, 5.74) is 6.31. The van der Waals surface area contributed by atoms with Crippen LogP contribution in [0.5, 0.6) is 0 Å². The Bertz CT molecular complexity index is 527. The predicted octanol–water partition coefficient (Wildman–Crippen LogP) is 1.54. The molecule has 23 heavy (non-hydrogen) atoms. The molecule has 2 bridgehead atoms. The molecule has 1 amide bonds. The quantitative estimate of drug-likeness (QED) is 0.863. The van der Waals surface area contributed by atoms with Gasteiger partial charge in [-0.2, -0.15) is 5.10 Å². The number of rotatable bonds is 5. The van der Waals surface area contributed by atoms with Crippen LogP contribution in [0, 0.1) is 17.8 Å². The second kappa shape index (κ2) is 7.01. The molecule has 2 saturated carbocycles. The highest BCUT2D eigenvalue weighted by Crippen LogP contribution is 2.42. The zero-order valence-corrected chi connectivity index (χ0v) is 14.2. The summed E-state index contributed by atoms with van der Waals surface area (Å²) < 4.78 is 1.88. The number of carbonyl (C=O) groups is 1. The number of anilines is 1. The van der Waals surface area contributed by atoms with Gasteiger partial charge in [0.15, 0.2) is 5.82 Å². The number of likely N-dealkylation sites (N-methyl/N-ethyl adjacent to an activating group) is 1. The lowest BCUT2D eigenvalue weighted by Gasteiger charge is -2.43. The number of hydrogen-bond donors (Lipinski definition) is 2. The standard InChI is InChI=1S/C17H29N5O/c1-21(2)8-9-22-7-6-15(20-22)19-17(23)14-10-12-4-3-5-13(11-14)16(12)18/h6-7,12-14,16H,3-5,8-11,18H2,1-2H3,(H,19,20,23). The van der Waals surface area contributed by atoms with E-state index < -0.39 is 0 Å². The van der Waals surface area contributed by atoms with Crippen molar-refractivity contribution in [3.63, 3.8) is 0 Å². The van der Waals surface area contributed by atoms with Crippen molar-refractivity contribution in [3.8, 4) is 0 Å². The molecule has 0 saturated heterocycles. The molecular formula is C17H29N5O. The summed E-state index contributed by atoms with van der Waals surface area (Å²) in [4.78, 5) is 14.7. The minimum Gasteiger partial charge on any atom is -0.327 e. The van der Waals surface area contributed by atoms with E-state index in [1.54, 1.807) is 0 Å². The molecule has 0 radical (unpaired) electrons. The Labute approximate surface area is 138 Å². The average molecular weight is 319 g/mol. The topological polar surface area (TPSA) is 76.2 Å². The van der Waals surface area contributed by atoms with Gasteiger partial charge in [-0.15, -0.1) is 0 Å². The molecule has 0 aliphatic heterocycles. The second-order valence-corrected chi connectivity index (χ2v) is 7.45. The van der Waals surface area contributed by atoms with Gasteiger partial charge in [-0.3, -0.25) is 9.48 Å². The van der Waals surface area contributed by atoms with Gasteiger partial charge >= 0.3 is 0 Å². The fraction of sp³-hybridized carbons (Fsp3) is 0.765. The van der Waals surface area contributed by atoms with E-state index in [2.05, 4.69) is 15.3 Å². The molecule has 6 heteroatoms. The van der Waals surface area contributed by atoms with Crippen molar-refractivity contribution in [2.45, 2.75) is 44.7 Å². The van der Waals surface area contributed by atoms with Gasteiger partial charge in [0.2, 0.25) is 5.91 Å². The van der Waals surface area contributed by atoms with Crippen LogP contribution in [0.1, 0.15) is 32.1 Å². The highest BCUT2D eigenvalue weighted by Gasteiger charge is 2.40. The van der Waals surface area contributed by atoms with Gasteiger partial charge in [-0.1, -0.05) is 6.42 Å². The molecule has 1 aromatic heterocycles. The highest BCUT2D eigenvalue weighted by molar-refractivity contribution is 5.91. The van der Waals surface area contributed by atoms with E-state index in [9.17, 15) is 4.79 Å². The van der Waals surface area contributed by atoms with E-state index in [1.165, 1.54) is 19.3 Å². The second-order valence-electron chi connectivity index (χ2n) is 7.45. The SMILES string of the molecule is CN(C)CCn1ccc(NC(=O)C2CC3CCCC(C2)C3N)n1. The summed E-state index contributed by atoms with van der Waals surface area (Å²) >= 11 is 0. The summed E-state index contributed by atoms with van der Waals surface area (Å²) in [5.74, 6) is 1.92. The van der Waals surface area contributed by atoms with Crippen molar-refractivity contribution in [1.82, 2.24) is 14.7 Å². The fourth-order valence-electron chi connectivity index (χ4n) is 4.09. The van der Waals surface area contributed by atoms with Crippen molar-refractivity contribution in [1.29, 1.82) is 0 Å². The van der Waals surface area contributed by atoms with Crippen LogP contribution in [0.4, 0.5) is 5.82 Å². The summed E-state index contributed by atoms with van der Waals surface area (Å²) in [6.07, 6.45) is 7.43. The van der Waals surface area contributed by atoms with Crippen LogP contribution in [-0.2, 0) is 11.3 Å². The molecule has 2 fully saturated rings. The van der Waals surface area contributed by atoms with Crippen LogP contribution in [0.2, 0.25) is 0 Å². The predicted molar refractivity (Wildman–Crippen MR) is 90.9 cm³/mol. The number of hydrogen-bond acceptors (Lipinski definition) is 4. The third-order valence-electron chi connectivity index (χ3n) is 5.45. The minimum atomic E-state index is 0.0945. The van der Waals surface area contributed by atoms with E-state index in [1.807, 2.05) is 31.0 Å². The third kappa shape index (κ3) is 3.93. The molecule has 0 spiro atoms. The molecule has 0 aromatic carbocycles. The lowest BCUT2D eigenvalue weighted by Crippen LogP contribution is -2.48. The van der Waals surface area contributed by atoms with Crippen LogP contribution in [0.25, 0.3) is 0 Å². The Morgan fingerprint density at radius 3 is 2.74 bits per heavy atom. The molecule has 2 aliphatic carbocycles. The van der Waals surface area contributed by atoms with E-state index in [0.717, 1.165) is 25.9 Å². The molecule has 128 valence electrons. The average Bonchev–Trinajstić information content (AvgIpc) is 2.92. The molecule has 3 rings (SSSR count). The first-order chi connectivity index (χ1) is 11.0. The first-order valence-corrected chi connectivity index (χ1v) is 8.77. The lowest BCUT2D eigenvalue weighted by atomic mass is 9.65. The summed E-state index contributed by atoms with van der Waals surface area (Å²) in [6.45, 7) is 1.75. The third-order valence-corrected chi connectivity index (χ3v) is 5.45. The highest BCUT2D eigenvalue weighted by atomic mass is 16.2. The van der Waals surface area contributed by atoms with Gasteiger partial charge in [0.1, 0.15) is 0 Å². The van der Waals surface area contributed by atoms with E-state index in [4.69, 9.17) is 5.73 Å². The Hall–Kier alpha value is -1.40. The molecular weight excluding hydrogens is 290 g/mol. The van der Waals surface area contributed by atoms with E-state index in [0.29, 0.717) is 23.7 Å². The number of nitrogens with two attached hydrogens (primary N) is 1. The lowest BCUT2D eigenvalue weighted by molar-refractivity contribution is -0.122. The zero-order chi connectivity index (χ0) is 16.4. The zero-order valence-electron chi connectivity index (χ0n) is 14.2. The minimum absolute atomic E-state index is 0.0945. The molecule has 1 aromatic rings. The van der Waals surface area contributed by atoms with Crippen molar-refractivity contribution in [2.24, 2.45) is 23.5 Å². The summed E-state index contributed by atoms with van der Waals surface area (Å²) in [5, 5.41) is 7.44. The number of nitrogens with one attached hydrogen (secondary N) is 1. The molecule has 2 aliphatic rings. The molecule has 2 atom stereocenters. The Morgan fingerprint density at radius 1 is 1.39 bits per heavy atom. The maximum Gasteiger partial charge on any atom is 0.228 e. The van der Waals surface area contributed by atoms with Crippen LogP contribution >= 0.6 is 0 Å². The number of aromatic nitrogens is 2. The monoisotopic (exact) mass is 319 g/mol. The van der Waals surface area contributed by atoms with Crippen molar-refractivity contribution >= 4 is 11.7 Å². The van der Waals surface area contributed by atoms with Crippen LogP contribution < -0.4 is 11.1 Å².